The smallest absolute Gasteiger partial charge is 0.271 e. The summed E-state index contributed by atoms with van der Waals surface area (Å²) in [5, 5.41) is 10.8. The first-order chi connectivity index (χ1) is 18.6. The SMILES string of the molecule is CCOc1cc(C(Nc2ccc(C(=N)N)cc2)C(=O)NNC(=O)c2ccc(N(C)C)nc2)ccc1OC(C)C. The van der Waals surface area contributed by atoms with Crippen molar-refractivity contribution in [3.05, 3.63) is 77.5 Å². The molecule has 0 fully saturated rings. The molecule has 1 unspecified atom stereocenters. The predicted octanol–water partition coefficient (Wildman–Crippen LogP) is 3.23. The first kappa shape index (κ1) is 28.8. The van der Waals surface area contributed by atoms with Crippen LogP contribution in [0.4, 0.5) is 11.5 Å². The Bertz CT molecular complexity index is 1290. The first-order valence-electron chi connectivity index (χ1n) is 12.5. The molecule has 0 aliphatic heterocycles. The van der Waals surface area contributed by atoms with Crippen molar-refractivity contribution in [2.75, 3.05) is 30.9 Å². The number of benzene rings is 2. The van der Waals surface area contributed by atoms with E-state index in [9.17, 15) is 9.59 Å². The molecule has 0 radical (unpaired) electrons. The van der Waals surface area contributed by atoms with Crippen LogP contribution in [0.1, 0.15) is 48.3 Å². The third kappa shape index (κ3) is 7.84. The number of aromatic nitrogens is 1. The van der Waals surface area contributed by atoms with E-state index in [0.29, 0.717) is 46.3 Å². The van der Waals surface area contributed by atoms with Gasteiger partial charge in [0, 0.05) is 31.5 Å². The average Bonchev–Trinajstić information content (AvgIpc) is 2.91. The number of anilines is 2. The largest absolute Gasteiger partial charge is 0.490 e. The van der Waals surface area contributed by atoms with Crippen molar-refractivity contribution >= 4 is 29.2 Å². The Morgan fingerprint density at radius 1 is 1.00 bits per heavy atom. The lowest BCUT2D eigenvalue weighted by molar-refractivity contribution is -0.122. The van der Waals surface area contributed by atoms with Gasteiger partial charge in [-0.1, -0.05) is 6.07 Å². The van der Waals surface area contributed by atoms with Crippen LogP contribution < -0.4 is 36.3 Å². The minimum Gasteiger partial charge on any atom is -0.490 e. The van der Waals surface area contributed by atoms with Gasteiger partial charge < -0.3 is 25.4 Å². The van der Waals surface area contributed by atoms with Crippen molar-refractivity contribution in [1.29, 1.82) is 5.41 Å². The maximum absolute atomic E-state index is 13.4. The van der Waals surface area contributed by atoms with Gasteiger partial charge >= 0.3 is 0 Å². The zero-order chi connectivity index (χ0) is 28.5. The molecule has 11 nitrogen and oxygen atoms in total. The number of carbonyl (C=O) groups excluding carboxylic acids is 2. The van der Waals surface area contributed by atoms with E-state index in [0.717, 1.165) is 0 Å². The van der Waals surface area contributed by atoms with Crippen LogP contribution in [0, 0.1) is 5.41 Å². The van der Waals surface area contributed by atoms with Crippen LogP contribution in [0.3, 0.4) is 0 Å². The van der Waals surface area contributed by atoms with Crippen LogP contribution in [0.2, 0.25) is 0 Å². The summed E-state index contributed by atoms with van der Waals surface area (Å²) in [6, 6.07) is 14.4. The number of ether oxygens (including phenoxy) is 2. The minimum absolute atomic E-state index is 0.0613. The fraction of sp³-hybridized carbons (Fsp3) is 0.286. The van der Waals surface area contributed by atoms with Crippen LogP contribution in [0.15, 0.2) is 60.8 Å². The van der Waals surface area contributed by atoms with Gasteiger partial charge in [0.2, 0.25) is 0 Å². The molecule has 1 atom stereocenters. The molecule has 0 saturated carbocycles. The predicted molar refractivity (Wildman–Crippen MR) is 151 cm³/mol. The van der Waals surface area contributed by atoms with Crippen LogP contribution in [-0.4, -0.2) is 49.4 Å². The second kappa shape index (κ2) is 13.1. The molecule has 11 heteroatoms. The Hall–Kier alpha value is -4.80. The van der Waals surface area contributed by atoms with Gasteiger partial charge in [-0.3, -0.25) is 25.8 Å². The Labute approximate surface area is 228 Å². The van der Waals surface area contributed by atoms with Crippen LogP contribution in [0.25, 0.3) is 0 Å². The maximum atomic E-state index is 13.4. The molecule has 1 aromatic heterocycles. The average molecular weight is 534 g/mol. The molecular weight excluding hydrogens is 498 g/mol. The number of hydrogen-bond acceptors (Lipinski definition) is 8. The van der Waals surface area contributed by atoms with Gasteiger partial charge in [-0.05, 0) is 74.9 Å². The molecule has 206 valence electrons. The highest BCUT2D eigenvalue weighted by Gasteiger charge is 2.24. The normalized spacial score (nSPS) is 11.3. The molecule has 3 aromatic rings. The van der Waals surface area contributed by atoms with E-state index < -0.39 is 17.9 Å². The highest BCUT2D eigenvalue weighted by Crippen LogP contribution is 2.33. The highest BCUT2D eigenvalue weighted by atomic mass is 16.5. The summed E-state index contributed by atoms with van der Waals surface area (Å²) in [6.07, 6.45) is 1.37. The third-order valence-corrected chi connectivity index (χ3v) is 5.50. The second-order valence-corrected chi connectivity index (χ2v) is 9.12. The van der Waals surface area contributed by atoms with E-state index in [2.05, 4.69) is 21.2 Å². The van der Waals surface area contributed by atoms with Crippen molar-refractivity contribution in [1.82, 2.24) is 15.8 Å². The van der Waals surface area contributed by atoms with Crippen LogP contribution in [-0.2, 0) is 4.79 Å². The molecule has 2 amide bonds. The van der Waals surface area contributed by atoms with E-state index in [4.69, 9.17) is 20.6 Å². The molecule has 0 aliphatic rings. The number of hydrogen-bond donors (Lipinski definition) is 5. The van der Waals surface area contributed by atoms with Gasteiger partial charge in [0.1, 0.15) is 17.7 Å². The monoisotopic (exact) mass is 533 g/mol. The molecule has 39 heavy (non-hydrogen) atoms. The number of nitrogens with one attached hydrogen (secondary N) is 4. The number of amidine groups is 1. The van der Waals surface area contributed by atoms with Crippen molar-refractivity contribution in [3.63, 3.8) is 0 Å². The van der Waals surface area contributed by atoms with E-state index in [1.807, 2.05) is 39.8 Å². The topological polar surface area (TPSA) is 155 Å². The van der Waals surface area contributed by atoms with Crippen molar-refractivity contribution < 1.29 is 19.1 Å². The number of hydrazine groups is 1. The lowest BCUT2D eigenvalue weighted by Crippen LogP contribution is -2.45. The van der Waals surface area contributed by atoms with Gasteiger partial charge in [0.05, 0.1) is 18.3 Å². The molecule has 0 bridgehead atoms. The molecule has 3 rings (SSSR count). The molecule has 0 spiro atoms. The summed E-state index contributed by atoms with van der Waals surface area (Å²) < 4.78 is 11.6. The number of rotatable bonds is 11. The quantitative estimate of drug-likeness (QED) is 0.143. The highest BCUT2D eigenvalue weighted by molar-refractivity contribution is 5.97. The second-order valence-electron chi connectivity index (χ2n) is 9.12. The number of nitrogens with zero attached hydrogens (tertiary/aromatic N) is 2. The van der Waals surface area contributed by atoms with Crippen molar-refractivity contribution in [2.24, 2.45) is 5.73 Å². The van der Waals surface area contributed by atoms with Crippen molar-refractivity contribution in [2.45, 2.75) is 32.9 Å². The zero-order valence-electron chi connectivity index (χ0n) is 22.7. The zero-order valence-corrected chi connectivity index (χ0v) is 22.7. The van der Waals surface area contributed by atoms with E-state index >= 15 is 0 Å². The summed E-state index contributed by atoms with van der Waals surface area (Å²) in [6.45, 7) is 6.10. The van der Waals surface area contributed by atoms with E-state index in [-0.39, 0.29) is 11.9 Å². The summed E-state index contributed by atoms with van der Waals surface area (Å²) in [5.74, 6) is 0.659. The number of nitrogens with two attached hydrogens (primary N) is 1. The molecule has 0 saturated heterocycles. The molecule has 1 heterocycles. The van der Waals surface area contributed by atoms with Crippen LogP contribution >= 0.6 is 0 Å². The lowest BCUT2D eigenvalue weighted by Gasteiger charge is -2.22. The van der Waals surface area contributed by atoms with Crippen LogP contribution in [0.5, 0.6) is 11.5 Å². The fourth-order valence-electron chi connectivity index (χ4n) is 3.58. The molecular formula is C28H35N7O4. The summed E-state index contributed by atoms with van der Waals surface area (Å²) in [4.78, 5) is 32.1. The number of amides is 2. The summed E-state index contributed by atoms with van der Waals surface area (Å²) >= 11 is 0. The Morgan fingerprint density at radius 2 is 1.69 bits per heavy atom. The fourth-order valence-corrected chi connectivity index (χ4v) is 3.58. The number of carbonyl (C=O) groups is 2. The van der Waals surface area contributed by atoms with Gasteiger partial charge in [-0.15, -0.1) is 0 Å². The number of nitrogen functional groups attached to an aromatic ring is 1. The van der Waals surface area contributed by atoms with Gasteiger partial charge in [0.15, 0.2) is 11.5 Å². The van der Waals surface area contributed by atoms with Gasteiger partial charge in [-0.25, -0.2) is 4.98 Å². The summed E-state index contributed by atoms with van der Waals surface area (Å²) in [5.41, 5.74) is 12.5. The maximum Gasteiger partial charge on any atom is 0.271 e. The minimum atomic E-state index is -0.921. The standard InChI is InChI=1S/C28H35N7O4/c1-6-38-23-15-19(9-13-22(23)39-17(2)3)25(32-21-11-7-18(8-12-21)26(29)30)28(37)34-33-27(36)20-10-14-24(31-16-20)35(4)5/h7-17,25,32H,6H2,1-5H3,(H3,29,30)(H,33,36)(H,34,37). The Balaban J connectivity index is 1.86. The lowest BCUT2D eigenvalue weighted by atomic mass is 10.0. The van der Waals surface area contributed by atoms with E-state index in [1.165, 1.54) is 6.20 Å². The summed E-state index contributed by atoms with van der Waals surface area (Å²) in [7, 11) is 3.70. The molecule has 0 aliphatic carbocycles. The molecule has 6 N–H and O–H groups in total. The number of pyridine rings is 1. The Morgan fingerprint density at radius 3 is 2.26 bits per heavy atom. The Kier molecular flexibility index (Phi) is 9.69. The van der Waals surface area contributed by atoms with Crippen molar-refractivity contribution in [3.8, 4) is 11.5 Å². The van der Waals surface area contributed by atoms with E-state index in [1.54, 1.807) is 54.6 Å². The van der Waals surface area contributed by atoms with Gasteiger partial charge in [0.25, 0.3) is 11.8 Å². The first-order valence-corrected chi connectivity index (χ1v) is 12.5. The van der Waals surface area contributed by atoms with Gasteiger partial charge in [-0.2, -0.15) is 0 Å². The molecule has 2 aromatic carbocycles. The third-order valence-electron chi connectivity index (χ3n) is 5.50.